The van der Waals surface area contributed by atoms with Gasteiger partial charge in [-0.1, -0.05) is 34.1 Å². The summed E-state index contributed by atoms with van der Waals surface area (Å²) in [5.41, 5.74) is 7.07. The maximum atomic E-state index is 5.95. The van der Waals surface area contributed by atoms with Crippen LogP contribution < -0.4 is 5.73 Å². The highest BCUT2D eigenvalue weighted by Gasteiger charge is 2.06. The highest BCUT2D eigenvalue weighted by molar-refractivity contribution is 9.10. The highest BCUT2D eigenvalue weighted by atomic mass is 79.9. The Hall–Kier alpha value is -0.780. The summed E-state index contributed by atoms with van der Waals surface area (Å²) >= 11 is 3.46. The van der Waals surface area contributed by atoms with Crippen molar-refractivity contribution in [2.24, 2.45) is 5.73 Å². The Morgan fingerprint density at radius 1 is 1.46 bits per heavy atom. The highest BCUT2D eigenvalue weighted by Crippen LogP contribution is 2.22. The maximum Gasteiger partial charge on any atom is 0.0417 e. The summed E-state index contributed by atoms with van der Waals surface area (Å²) in [6, 6.07) is 7.98. The van der Waals surface area contributed by atoms with Crippen LogP contribution in [0.4, 0.5) is 0 Å². The number of benzene rings is 1. The quantitative estimate of drug-likeness (QED) is 0.787. The van der Waals surface area contributed by atoms with Crippen LogP contribution in [0, 0.1) is 11.8 Å². The molecular weight excluding hydrogens is 226 g/mol. The van der Waals surface area contributed by atoms with Crippen molar-refractivity contribution < 1.29 is 0 Å². The summed E-state index contributed by atoms with van der Waals surface area (Å²) in [6.07, 6.45) is 0.707. The van der Waals surface area contributed by atoms with Gasteiger partial charge >= 0.3 is 0 Å². The van der Waals surface area contributed by atoms with Gasteiger partial charge in [0, 0.05) is 16.9 Å². The fourth-order valence-electron chi connectivity index (χ4n) is 1.10. The molecule has 2 N–H and O–H groups in total. The first-order valence-corrected chi connectivity index (χ1v) is 4.94. The van der Waals surface area contributed by atoms with E-state index in [1.165, 1.54) is 0 Å². The van der Waals surface area contributed by atoms with Gasteiger partial charge < -0.3 is 5.73 Å². The minimum atomic E-state index is 0.00280. The Labute approximate surface area is 87.5 Å². The Bertz CT molecular complexity index is 335. The molecule has 0 spiro atoms. The summed E-state index contributed by atoms with van der Waals surface area (Å²) in [5, 5.41) is 0. The lowest BCUT2D eigenvalue weighted by molar-refractivity contribution is 0.750. The van der Waals surface area contributed by atoms with Gasteiger partial charge in [-0.2, -0.15) is 0 Å². The molecular formula is C11H12BrN. The first kappa shape index (κ1) is 10.3. The third-order valence-corrected chi connectivity index (χ3v) is 2.53. The molecule has 0 radical (unpaired) electrons. The van der Waals surface area contributed by atoms with Gasteiger partial charge in [0.25, 0.3) is 0 Å². The lowest BCUT2D eigenvalue weighted by atomic mass is 10.1. The van der Waals surface area contributed by atoms with E-state index in [1.807, 2.05) is 31.2 Å². The SMILES string of the molecule is CC#CCC(N)c1ccccc1Br. The summed E-state index contributed by atoms with van der Waals surface area (Å²) in [6.45, 7) is 1.83. The average Bonchev–Trinajstić information content (AvgIpc) is 2.15. The zero-order valence-electron chi connectivity index (χ0n) is 7.55. The second kappa shape index (κ2) is 5.06. The van der Waals surface area contributed by atoms with Crippen LogP contribution in [0.25, 0.3) is 0 Å². The Kier molecular flexibility index (Phi) is 4.01. The monoisotopic (exact) mass is 237 g/mol. The Balaban J connectivity index is 2.80. The molecule has 0 aliphatic rings. The predicted octanol–water partition coefficient (Wildman–Crippen LogP) is 2.86. The van der Waals surface area contributed by atoms with Crippen LogP contribution in [0.15, 0.2) is 28.7 Å². The van der Waals surface area contributed by atoms with E-state index in [0.717, 1.165) is 10.0 Å². The average molecular weight is 238 g/mol. The van der Waals surface area contributed by atoms with Crippen molar-refractivity contribution in [2.75, 3.05) is 0 Å². The summed E-state index contributed by atoms with van der Waals surface area (Å²) in [4.78, 5) is 0. The van der Waals surface area contributed by atoms with E-state index in [1.54, 1.807) is 0 Å². The van der Waals surface area contributed by atoms with Gasteiger partial charge in [0.1, 0.15) is 0 Å². The van der Waals surface area contributed by atoms with Crippen molar-refractivity contribution in [3.63, 3.8) is 0 Å². The van der Waals surface area contributed by atoms with E-state index in [-0.39, 0.29) is 6.04 Å². The fourth-order valence-corrected chi connectivity index (χ4v) is 1.68. The van der Waals surface area contributed by atoms with Crippen LogP contribution in [0.3, 0.4) is 0 Å². The molecule has 0 heterocycles. The Morgan fingerprint density at radius 2 is 2.15 bits per heavy atom. The van der Waals surface area contributed by atoms with Crippen LogP contribution in [0.1, 0.15) is 24.9 Å². The predicted molar refractivity (Wildman–Crippen MR) is 59.1 cm³/mol. The van der Waals surface area contributed by atoms with Crippen LogP contribution >= 0.6 is 15.9 Å². The number of hydrogen-bond acceptors (Lipinski definition) is 1. The zero-order chi connectivity index (χ0) is 9.68. The van der Waals surface area contributed by atoms with Crippen molar-refractivity contribution in [1.82, 2.24) is 0 Å². The fraction of sp³-hybridized carbons (Fsp3) is 0.273. The van der Waals surface area contributed by atoms with Crippen LogP contribution in [-0.2, 0) is 0 Å². The van der Waals surface area contributed by atoms with E-state index in [2.05, 4.69) is 27.8 Å². The molecule has 13 heavy (non-hydrogen) atoms. The molecule has 1 aromatic carbocycles. The van der Waals surface area contributed by atoms with Crippen molar-refractivity contribution in [1.29, 1.82) is 0 Å². The first-order chi connectivity index (χ1) is 6.25. The van der Waals surface area contributed by atoms with Gasteiger partial charge in [-0.3, -0.25) is 0 Å². The van der Waals surface area contributed by atoms with E-state index in [9.17, 15) is 0 Å². The molecule has 1 nitrogen and oxygen atoms in total. The van der Waals surface area contributed by atoms with Crippen molar-refractivity contribution in [3.05, 3.63) is 34.3 Å². The van der Waals surface area contributed by atoms with E-state index < -0.39 is 0 Å². The van der Waals surface area contributed by atoms with Crippen LogP contribution in [0.2, 0.25) is 0 Å². The third kappa shape index (κ3) is 2.87. The summed E-state index contributed by atoms with van der Waals surface area (Å²) in [5.74, 6) is 5.82. The Morgan fingerprint density at radius 3 is 2.77 bits per heavy atom. The molecule has 0 bridgehead atoms. The van der Waals surface area contributed by atoms with Gasteiger partial charge in [0.15, 0.2) is 0 Å². The van der Waals surface area contributed by atoms with Crippen molar-refractivity contribution in [3.8, 4) is 11.8 Å². The summed E-state index contributed by atoms with van der Waals surface area (Å²) in [7, 11) is 0. The number of halogens is 1. The van der Waals surface area contributed by atoms with E-state index >= 15 is 0 Å². The largest absolute Gasteiger partial charge is 0.323 e. The molecule has 0 fully saturated rings. The molecule has 1 aromatic rings. The molecule has 0 aromatic heterocycles. The minimum Gasteiger partial charge on any atom is -0.323 e. The molecule has 1 rings (SSSR count). The van der Waals surface area contributed by atoms with Gasteiger partial charge in [-0.05, 0) is 18.6 Å². The maximum absolute atomic E-state index is 5.95. The number of rotatable bonds is 2. The third-order valence-electron chi connectivity index (χ3n) is 1.80. The van der Waals surface area contributed by atoms with Crippen molar-refractivity contribution in [2.45, 2.75) is 19.4 Å². The summed E-state index contributed by atoms with van der Waals surface area (Å²) < 4.78 is 1.06. The van der Waals surface area contributed by atoms with Crippen LogP contribution in [-0.4, -0.2) is 0 Å². The van der Waals surface area contributed by atoms with E-state index in [4.69, 9.17) is 5.73 Å². The van der Waals surface area contributed by atoms with Gasteiger partial charge in [-0.15, -0.1) is 11.8 Å². The molecule has 1 atom stereocenters. The molecule has 0 aliphatic heterocycles. The smallest absolute Gasteiger partial charge is 0.0417 e. The topological polar surface area (TPSA) is 26.0 Å². The first-order valence-electron chi connectivity index (χ1n) is 4.15. The second-order valence-corrected chi connectivity index (χ2v) is 3.61. The zero-order valence-corrected chi connectivity index (χ0v) is 9.14. The van der Waals surface area contributed by atoms with Crippen LogP contribution in [0.5, 0.6) is 0 Å². The number of nitrogens with two attached hydrogens (primary N) is 1. The molecule has 0 aliphatic carbocycles. The van der Waals surface area contributed by atoms with Gasteiger partial charge in [0.05, 0.1) is 0 Å². The van der Waals surface area contributed by atoms with E-state index in [0.29, 0.717) is 6.42 Å². The molecule has 0 saturated carbocycles. The molecule has 68 valence electrons. The minimum absolute atomic E-state index is 0.00280. The second-order valence-electron chi connectivity index (χ2n) is 2.76. The lowest BCUT2D eigenvalue weighted by Crippen LogP contribution is -2.09. The molecule has 2 heteroatoms. The molecule has 0 saturated heterocycles. The number of hydrogen-bond donors (Lipinski definition) is 1. The van der Waals surface area contributed by atoms with Gasteiger partial charge in [0.2, 0.25) is 0 Å². The van der Waals surface area contributed by atoms with Crippen molar-refractivity contribution >= 4 is 15.9 Å². The molecule has 1 unspecified atom stereocenters. The van der Waals surface area contributed by atoms with Gasteiger partial charge in [-0.25, -0.2) is 0 Å². The normalized spacial score (nSPS) is 11.6. The lowest BCUT2D eigenvalue weighted by Gasteiger charge is -2.09. The molecule has 0 amide bonds. The standard InChI is InChI=1S/C11H12BrN/c1-2-3-8-11(13)9-6-4-5-7-10(9)12/h4-7,11H,8,13H2,1H3.